The molecule has 2 aromatic rings. The topological polar surface area (TPSA) is 73.0 Å². The van der Waals surface area contributed by atoms with E-state index in [2.05, 4.69) is 10.3 Å². The Morgan fingerprint density at radius 2 is 2.35 bits per heavy atom. The highest BCUT2D eigenvalue weighted by molar-refractivity contribution is 5.40. The van der Waals surface area contributed by atoms with E-state index in [-0.39, 0.29) is 18.3 Å². The van der Waals surface area contributed by atoms with Gasteiger partial charge in [0.15, 0.2) is 0 Å². The minimum absolute atomic E-state index is 0.0752. The van der Waals surface area contributed by atoms with Gasteiger partial charge in [-0.25, -0.2) is 9.37 Å². The highest BCUT2D eigenvalue weighted by Crippen LogP contribution is 2.19. The number of hydrogen-bond donors (Lipinski definition) is 1. The third-order valence-electron chi connectivity index (χ3n) is 2.92. The first-order valence-electron chi connectivity index (χ1n) is 6.18. The van der Waals surface area contributed by atoms with Crippen LogP contribution < -0.4 is 5.32 Å². The van der Waals surface area contributed by atoms with Crippen molar-refractivity contribution in [3.8, 4) is 0 Å². The molecule has 2 rings (SSSR count). The van der Waals surface area contributed by atoms with Crippen LogP contribution in [0.25, 0.3) is 0 Å². The van der Waals surface area contributed by atoms with Crippen molar-refractivity contribution in [3.05, 3.63) is 58.4 Å². The maximum atomic E-state index is 13.2. The van der Waals surface area contributed by atoms with Gasteiger partial charge in [0, 0.05) is 43.2 Å². The van der Waals surface area contributed by atoms with E-state index in [9.17, 15) is 14.5 Å². The van der Waals surface area contributed by atoms with Crippen molar-refractivity contribution in [1.82, 2.24) is 14.9 Å². The van der Waals surface area contributed by atoms with Gasteiger partial charge in [-0.15, -0.1) is 0 Å². The Morgan fingerprint density at radius 1 is 1.55 bits per heavy atom. The summed E-state index contributed by atoms with van der Waals surface area (Å²) in [4.78, 5) is 14.3. The molecule has 1 unspecified atom stereocenters. The van der Waals surface area contributed by atoms with Crippen LogP contribution in [-0.2, 0) is 13.1 Å². The summed E-state index contributed by atoms with van der Waals surface area (Å²) >= 11 is 0. The fourth-order valence-corrected chi connectivity index (χ4v) is 1.93. The minimum Gasteiger partial charge on any atom is -0.336 e. The van der Waals surface area contributed by atoms with Gasteiger partial charge in [0.05, 0.1) is 11.3 Å². The lowest BCUT2D eigenvalue weighted by molar-refractivity contribution is -0.385. The van der Waals surface area contributed by atoms with Crippen LogP contribution in [0.15, 0.2) is 36.9 Å². The van der Waals surface area contributed by atoms with Gasteiger partial charge in [-0.1, -0.05) is 0 Å². The second-order valence-corrected chi connectivity index (χ2v) is 4.57. The van der Waals surface area contributed by atoms with E-state index < -0.39 is 10.7 Å². The molecule has 106 valence electrons. The number of hydrogen-bond acceptors (Lipinski definition) is 4. The molecule has 0 aliphatic rings. The van der Waals surface area contributed by atoms with Gasteiger partial charge in [-0.3, -0.25) is 10.1 Å². The van der Waals surface area contributed by atoms with Crippen molar-refractivity contribution in [3.63, 3.8) is 0 Å². The monoisotopic (exact) mass is 278 g/mol. The first kappa shape index (κ1) is 14.1. The molecule has 1 aromatic heterocycles. The number of nitrogens with one attached hydrogen (secondary N) is 1. The smallest absolute Gasteiger partial charge is 0.274 e. The SMILES string of the molecule is CC(Cn1ccnc1)NCc1cc(F)ccc1[N+](=O)[O-]. The minimum atomic E-state index is -0.503. The summed E-state index contributed by atoms with van der Waals surface area (Å²) in [6.07, 6.45) is 5.22. The van der Waals surface area contributed by atoms with Crippen molar-refractivity contribution in [2.24, 2.45) is 0 Å². The summed E-state index contributed by atoms with van der Waals surface area (Å²) in [5, 5.41) is 14.0. The largest absolute Gasteiger partial charge is 0.336 e. The maximum absolute atomic E-state index is 13.2. The zero-order chi connectivity index (χ0) is 14.5. The second-order valence-electron chi connectivity index (χ2n) is 4.57. The van der Waals surface area contributed by atoms with Gasteiger partial charge in [0.1, 0.15) is 5.82 Å². The normalized spacial score (nSPS) is 12.3. The number of imidazole rings is 1. The van der Waals surface area contributed by atoms with Crippen molar-refractivity contribution in [2.45, 2.75) is 26.1 Å². The molecule has 1 atom stereocenters. The van der Waals surface area contributed by atoms with E-state index in [0.717, 1.165) is 6.07 Å². The van der Waals surface area contributed by atoms with Crippen LogP contribution in [0.3, 0.4) is 0 Å². The Balaban J connectivity index is 1.99. The van der Waals surface area contributed by atoms with Crippen molar-refractivity contribution in [1.29, 1.82) is 0 Å². The molecule has 0 aliphatic carbocycles. The molecule has 7 heteroatoms. The van der Waals surface area contributed by atoms with Crippen LogP contribution in [-0.4, -0.2) is 20.5 Å². The fourth-order valence-electron chi connectivity index (χ4n) is 1.93. The highest BCUT2D eigenvalue weighted by atomic mass is 19.1. The Morgan fingerprint density at radius 3 is 3.00 bits per heavy atom. The number of benzene rings is 1. The molecule has 20 heavy (non-hydrogen) atoms. The number of aromatic nitrogens is 2. The summed E-state index contributed by atoms with van der Waals surface area (Å²) in [6, 6.07) is 3.55. The van der Waals surface area contributed by atoms with Gasteiger partial charge in [0.25, 0.3) is 5.69 Å². The molecule has 1 N–H and O–H groups in total. The summed E-state index contributed by atoms with van der Waals surface area (Å²) in [7, 11) is 0. The van der Waals surface area contributed by atoms with Crippen molar-refractivity contribution < 1.29 is 9.31 Å². The van der Waals surface area contributed by atoms with Gasteiger partial charge in [0.2, 0.25) is 0 Å². The first-order chi connectivity index (χ1) is 9.56. The average Bonchev–Trinajstić information content (AvgIpc) is 2.89. The van der Waals surface area contributed by atoms with Crippen LogP contribution in [0.5, 0.6) is 0 Å². The molecule has 6 nitrogen and oxygen atoms in total. The maximum Gasteiger partial charge on any atom is 0.274 e. The molecule has 0 saturated heterocycles. The molecular weight excluding hydrogens is 263 g/mol. The van der Waals surface area contributed by atoms with Crippen LogP contribution in [0.4, 0.5) is 10.1 Å². The first-order valence-corrected chi connectivity index (χ1v) is 6.18. The zero-order valence-electron chi connectivity index (χ0n) is 11.0. The average molecular weight is 278 g/mol. The lowest BCUT2D eigenvalue weighted by Crippen LogP contribution is -2.29. The Bertz CT molecular complexity index is 586. The third-order valence-corrected chi connectivity index (χ3v) is 2.92. The van der Waals surface area contributed by atoms with Crippen molar-refractivity contribution >= 4 is 5.69 Å². The summed E-state index contributed by atoms with van der Waals surface area (Å²) in [5.41, 5.74) is 0.265. The standard InChI is InChI=1S/C13H15FN4O2/c1-10(8-17-5-4-15-9-17)16-7-11-6-12(14)2-3-13(11)18(19)20/h2-6,9-10,16H,7-8H2,1H3. The van der Waals surface area contributed by atoms with E-state index in [1.54, 1.807) is 12.5 Å². The van der Waals surface area contributed by atoms with Gasteiger partial charge < -0.3 is 9.88 Å². The van der Waals surface area contributed by atoms with Gasteiger partial charge in [-0.05, 0) is 19.1 Å². The lowest BCUT2D eigenvalue weighted by atomic mass is 10.1. The Hall–Kier alpha value is -2.28. The molecule has 0 aliphatic heterocycles. The molecule has 0 bridgehead atoms. The number of nitro benzene ring substituents is 1. The molecule has 1 aromatic carbocycles. The Kier molecular flexibility index (Phi) is 4.41. The fraction of sp³-hybridized carbons (Fsp3) is 0.308. The Labute approximate surface area is 115 Å². The van der Waals surface area contributed by atoms with E-state index >= 15 is 0 Å². The van der Waals surface area contributed by atoms with Crippen LogP contribution in [0, 0.1) is 15.9 Å². The van der Waals surface area contributed by atoms with E-state index in [1.807, 2.05) is 17.7 Å². The van der Waals surface area contributed by atoms with E-state index in [1.165, 1.54) is 12.1 Å². The highest BCUT2D eigenvalue weighted by Gasteiger charge is 2.14. The van der Waals surface area contributed by atoms with Crippen molar-refractivity contribution in [2.75, 3.05) is 0 Å². The third kappa shape index (κ3) is 3.61. The predicted molar refractivity (Wildman–Crippen MR) is 71.6 cm³/mol. The quantitative estimate of drug-likeness (QED) is 0.648. The lowest BCUT2D eigenvalue weighted by Gasteiger charge is -2.14. The summed E-state index contributed by atoms with van der Waals surface area (Å²) < 4.78 is 15.1. The number of nitrogens with zero attached hydrogens (tertiary/aromatic N) is 3. The van der Waals surface area contributed by atoms with Crippen LogP contribution in [0.2, 0.25) is 0 Å². The molecule has 0 saturated carbocycles. The summed E-state index contributed by atoms with van der Waals surface area (Å²) in [5.74, 6) is -0.477. The molecule has 0 radical (unpaired) electrons. The molecule has 0 amide bonds. The molecule has 0 fully saturated rings. The van der Waals surface area contributed by atoms with E-state index in [4.69, 9.17) is 0 Å². The molecule has 1 heterocycles. The predicted octanol–water partition coefficient (Wildman–Crippen LogP) is 2.11. The van der Waals surface area contributed by atoms with Gasteiger partial charge in [-0.2, -0.15) is 0 Å². The number of rotatable bonds is 6. The summed E-state index contributed by atoms with van der Waals surface area (Å²) in [6.45, 7) is 2.87. The van der Waals surface area contributed by atoms with E-state index in [0.29, 0.717) is 12.1 Å². The second kappa shape index (κ2) is 6.25. The molecular formula is C13H15FN4O2. The number of halogens is 1. The molecule has 0 spiro atoms. The zero-order valence-corrected chi connectivity index (χ0v) is 11.0. The number of nitro groups is 1. The van der Waals surface area contributed by atoms with Crippen LogP contribution >= 0.6 is 0 Å². The van der Waals surface area contributed by atoms with Gasteiger partial charge >= 0.3 is 0 Å². The van der Waals surface area contributed by atoms with Crippen LogP contribution in [0.1, 0.15) is 12.5 Å².